The van der Waals surface area contributed by atoms with Crippen LogP contribution in [-0.4, -0.2) is 18.0 Å². The molecule has 3 nitrogen and oxygen atoms in total. The second-order valence-corrected chi connectivity index (χ2v) is 7.22. The molecule has 1 fully saturated rings. The molecule has 0 unspecified atom stereocenters. The van der Waals surface area contributed by atoms with Gasteiger partial charge in [-0.05, 0) is 43.4 Å². The molecule has 2 rings (SSSR count). The van der Waals surface area contributed by atoms with Crippen molar-refractivity contribution in [2.75, 3.05) is 5.32 Å². The number of hydrogen-bond acceptors (Lipinski definition) is 2. The Morgan fingerprint density at radius 2 is 2.00 bits per heavy atom. The highest BCUT2D eigenvalue weighted by Gasteiger charge is 2.29. The second-order valence-electron chi connectivity index (χ2n) is 6.38. The zero-order valence-corrected chi connectivity index (χ0v) is 14.8. The van der Waals surface area contributed by atoms with E-state index in [1.807, 2.05) is 6.92 Å². The van der Waals surface area contributed by atoms with Crippen molar-refractivity contribution in [2.24, 2.45) is 11.8 Å². The Morgan fingerprint density at radius 3 is 2.68 bits per heavy atom. The third kappa shape index (κ3) is 4.37. The van der Waals surface area contributed by atoms with E-state index in [0.29, 0.717) is 33.6 Å². The van der Waals surface area contributed by atoms with Gasteiger partial charge in [-0.15, -0.1) is 0 Å². The fourth-order valence-electron chi connectivity index (χ4n) is 3.05. The fraction of sp³-hybridized carbons (Fsp3) is 0.588. The van der Waals surface area contributed by atoms with Crippen molar-refractivity contribution in [1.29, 1.82) is 0 Å². The van der Waals surface area contributed by atoms with Gasteiger partial charge in [-0.3, -0.25) is 4.79 Å². The predicted molar refractivity (Wildman–Crippen MR) is 93.7 cm³/mol. The standard InChI is InChI=1S/C17H24Cl2N2O/c1-10-5-4-6-15(11(10)2)20-12(3)17(22)21-16-8-7-13(18)9-14(16)19/h7-12,15,20H,4-6H2,1-3H3,(H,21,22)/t10-,11+,12-,15-/m0/s1. The lowest BCUT2D eigenvalue weighted by Crippen LogP contribution is -2.49. The summed E-state index contributed by atoms with van der Waals surface area (Å²) in [5.74, 6) is 1.21. The molecule has 0 spiro atoms. The summed E-state index contributed by atoms with van der Waals surface area (Å²) in [5, 5.41) is 7.34. The minimum Gasteiger partial charge on any atom is -0.323 e. The molecular weight excluding hydrogens is 319 g/mol. The van der Waals surface area contributed by atoms with E-state index in [0.717, 1.165) is 6.42 Å². The predicted octanol–water partition coefficient (Wildman–Crippen LogP) is 4.73. The topological polar surface area (TPSA) is 41.1 Å². The van der Waals surface area contributed by atoms with Gasteiger partial charge in [0.05, 0.1) is 16.8 Å². The van der Waals surface area contributed by atoms with E-state index in [1.165, 1.54) is 12.8 Å². The number of amides is 1. The van der Waals surface area contributed by atoms with Crippen LogP contribution in [-0.2, 0) is 4.79 Å². The second kappa shape index (κ2) is 7.67. The first-order valence-corrected chi connectivity index (χ1v) is 8.66. The van der Waals surface area contributed by atoms with Gasteiger partial charge in [-0.1, -0.05) is 49.9 Å². The third-order valence-corrected chi connectivity index (χ3v) is 5.30. The van der Waals surface area contributed by atoms with Gasteiger partial charge in [0.1, 0.15) is 0 Å². The molecule has 1 amide bonds. The Morgan fingerprint density at radius 1 is 1.27 bits per heavy atom. The summed E-state index contributed by atoms with van der Waals surface area (Å²) in [6.45, 7) is 6.45. The number of halogens is 2. The van der Waals surface area contributed by atoms with Crippen LogP contribution in [0, 0.1) is 11.8 Å². The molecule has 0 aliphatic heterocycles. The summed E-state index contributed by atoms with van der Waals surface area (Å²) >= 11 is 12.0. The summed E-state index contributed by atoms with van der Waals surface area (Å²) in [6, 6.07) is 5.20. The van der Waals surface area contributed by atoms with E-state index >= 15 is 0 Å². The molecule has 1 aliphatic carbocycles. The van der Waals surface area contributed by atoms with Gasteiger partial charge in [-0.2, -0.15) is 0 Å². The maximum atomic E-state index is 12.3. The molecule has 122 valence electrons. The van der Waals surface area contributed by atoms with Gasteiger partial charge in [0, 0.05) is 11.1 Å². The van der Waals surface area contributed by atoms with Crippen LogP contribution in [0.4, 0.5) is 5.69 Å². The summed E-state index contributed by atoms with van der Waals surface area (Å²) in [7, 11) is 0. The van der Waals surface area contributed by atoms with E-state index in [-0.39, 0.29) is 11.9 Å². The van der Waals surface area contributed by atoms with E-state index in [2.05, 4.69) is 24.5 Å². The minimum atomic E-state index is -0.260. The van der Waals surface area contributed by atoms with Crippen LogP contribution in [0.2, 0.25) is 10.0 Å². The highest BCUT2D eigenvalue weighted by atomic mass is 35.5. The minimum absolute atomic E-state index is 0.0744. The zero-order chi connectivity index (χ0) is 16.3. The van der Waals surface area contributed by atoms with Crippen LogP contribution in [0.25, 0.3) is 0 Å². The average Bonchev–Trinajstić information content (AvgIpc) is 2.46. The van der Waals surface area contributed by atoms with Crippen LogP contribution in [0.15, 0.2) is 18.2 Å². The number of carbonyl (C=O) groups excluding carboxylic acids is 1. The van der Waals surface area contributed by atoms with E-state index < -0.39 is 0 Å². The molecule has 1 aliphatic rings. The molecule has 2 N–H and O–H groups in total. The Kier molecular flexibility index (Phi) is 6.13. The number of rotatable bonds is 4. The molecule has 0 bridgehead atoms. The first kappa shape index (κ1) is 17.6. The summed E-state index contributed by atoms with van der Waals surface area (Å²) < 4.78 is 0. The van der Waals surface area contributed by atoms with Crippen LogP contribution in [0.5, 0.6) is 0 Å². The van der Waals surface area contributed by atoms with Crippen LogP contribution >= 0.6 is 23.2 Å². The third-order valence-electron chi connectivity index (χ3n) is 4.75. The molecule has 0 aromatic heterocycles. The lowest BCUT2D eigenvalue weighted by molar-refractivity contribution is -0.118. The van der Waals surface area contributed by atoms with Gasteiger partial charge in [-0.25, -0.2) is 0 Å². The molecule has 1 aromatic carbocycles. The van der Waals surface area contributed by atoms with E-state index in [4.69, 9.17) is 23.2 Å². The molecule has 0 saturated heterocycles. The van der Waals surface area contributed by atoms with Crippen molar-refractivity contribution in [3.05, 3.63) is 28.2 Å². The SMILES string of the molecule is C[C@H]1[C@@H](N[C@@H](C)C(=O)Nc2ccc(Cl)cc2Cl)CCC[C@@H]1C. The molecular formula is C17H24Cl2N2O. The Bertz CT molecular complexity index is 535. The van der Waals surface area contributed by atoms with Crippen LogP contribution in [0.1, 0.15) is 40.0 Å². The fourth-order valence-corrected chi connectivity index (χ4v) is 3.50. The largest absolute Gasteiger partial charge is 0.323 e. The van der Waals surface area contributed by atoms with Crippen molar-refractivity contribution in [3.63, 3.8) is 0 Å². The van der Waals surface area contributed by atoms with Crippen molar-refractivity contribution >= 4 is 34.8 Å². The van der Waals surface area contributed by atoms with E-state index in [1.54, 1.807) is 18.2 Å². The Labute approximate surface area is 142 Å². The van der Waals surface area contributed by atoms with Gasteiger partial charge >= 0.3 is 0 Å². The average molecular weight is 343 g/mol. The summed E-state index contributed by atoms with van der Waals surface area (Å²) in [6.07, 6.45) is 3.63. The number of hydrogen-bond donors (Lipinski definition) is 2. The highest BCUT2D eigenvalue weighted by Crippen LogP contribution is 2.30. The van der Waals surface area contributed by atoms with Crippen molar-refractivity contribution < 1.29 is 4.79 Å². The number of benzene rings is 1. The Balaban J connectivity index is 1.94. The lowest BCUT2D eigenvalue weighted by atomic mass is 9.78. The first-order valence-electron chi connectivity index (χ1n) is 7.90. The molecule has 1 aromatic rings. The molecule has 0 heterocycles. The van der Waals surface area contributed by atoms with Crippen LogP contribution in [0.3, 0.4) is 0 Å². The maximum absolute atomic E-state index is 12.3. The van der Waals surface area contributed by atoms with Crippen molar-refractivity contribution in [3.8, 4) is 0 Å². The molecule has 4 atom stereocenters. The van der Waals surface area contributed by atoms with Gasteiger partial charge < -0.3 is 10.6 Å². The molecule has 22 heavy (non-hydrogen) atoms. The van der Waals surface area contributed by atoms with Gasteiger partial charge in [0.25, 0.3) is 0 Å². The summed E-state index contributed by atoms with van der Waals surface area (Å²) in [5.41, 5.74) is 0.592. The van der Waals surface area contributed by atoms with Gasteiger partial charge in [0.15, 0.2) is 0 Å². The lowest BCUT2D eigenvalue weighted by Gasteiger charge is -2.36. The maximum Gasteiger partial charge on any atom is 0.241 e. The molecule has 0 radical (unpaired) electrons. The highest BCUT2D eigenvalue weighted by molar-refractivity contribution is 6.36. The zero-order valence-electron chi connectivity index (χ0n) is 13.3. The number of nitrogens with one attached hydrogen (secondary N) is 2. The molecule has 5 heteroatoms. The first-order chi connectivity index (χ1) is 10.4. The quantitative estimate of drug-likeness (QED) is 0.829. The van der Waals surface area contributed by atoms with Gasteiger partial charge in [0.2, 0.25) is 5.91 Å². The monoisotopic (exact) mass is 342 g/mol. The van der Waals surface area contributed by atoms with Crippen molar-refractivity contribution in [2.45, 2.75) is 52.1 Å². The smallest absolute Gasteiger partial charge is 0.241 e. The van der Waals surface area contributed by atoms with Crippen molar-refractivity contribution in [1.82, 2.24) is 5.32 Å². The summed E-state index contributed by atoms with van der Waals surface area (Å²) in [4.78, 5) is 12.3. The Hall–Kier alpha value is -0.770. The normalized spacial score (nSPS) is 26.5. The van der Waals surface area contributed by atoms with E-state index in [9.17, 15) is 4.79 Å². The number of carbonyl (C=O) groups is 1. The number of anilines is 1. The molecule has 1 saturated carbocycles. The van der Waals surface area contributed by atoms with Crippen LogP contribution < -0.4 is 10.6 Å².